The molecule has 0 bridgehead atoms. The third kappa shape index (κ3) is 6.77. The number of ether oxygens (including phenoxy) is 1. The van der Waals surface area contributed by atoms with Gasteiger partial charge < -0.3 is 15.4 Å². The van der Waals surface area contributed by atoms with Crippen LogP contribution in [-0.2, 0) is 17.9 Å². The molecule has 1 aromatic carbocycles. The lowest BCUT2D eigenvalue weighted by Gasteiger charge is -2.15. The normalized spacial score (nSPS) is 11.1. The zero-order chi connectivity index (χ0) is 13.4. The van der Waals surface area contributed by atoms with Crippen LogP contribution in [0.25, 0.3) is 0 Å². The summed E-state index contributed by atoms with van der Waals surface area (Å²) in [6.07, 6.45) is 0. The van der Waals surface area contributed by atoms with Crippen molar-refractivity contribution >= 4 is 29.9 Å². The topological polar surface area (TPSA) is 45.7 Å². The van der Waals surface area contributed by atoms with Crippen LogP contribution in [-0.4, -0.2) is 26.2 Å². The Bertz CT molecular complexity index is 394. The fourth-order valence-electron chi connectivity index (χ4n) is 1.67. The van der Waals surface area contributed by atoms with Crippen molar-refractivity contribution in [1.82, 2.24) is 10.6 Å². The summed E-state index contributed by atoms with van der Waals surface area (Å²) in [5.41, 5.74) is 2.43. The number of hydrogen-bond acceptors (Lipinski definition) is 2. The van der Waals surface area contributed by atoms with Crippen LogP contribution in [0.15, 0.2) is 29.3 Å². The van der Waals surface area contributed by atoms with E-state index in [0.29, 0.717) is 12.6 Å². The first-order chi connectivity index (χ1) is 8.67. The average molecular weight is 377 g/mol. The van der Waals surface area contributed by atoms with Crippen molar-refractivity contribution < 1.29 is 4.74 Å². The third-order valence-electron chi connectivity index (χ3n) is 2.51. The summed E-state index contributed by atoms with van der Waals surface area (Å²) in [5.74, 6) is 0.817. The van der Waals surface area contributed by atoms with Gasteiger partial charge in [0.05, 0.1) is 6.61 Å². The highest BCUT2D eigenvalue weighted by Crippen LogP contribution is 2.09. The molecule has 2 N–H and O–H groups in total. The lowest BCUT2D eigenvalue weighted by molar-refractivity contribution is 0.184. The Morgan fingerprint density at radius 2 is 1.89 bits per heavy atom. The lowest BCUT2D eigenvalue weighted by atomic mass is 10.1. The summed E-state index contributed by atoms with van der Waals surface area (Å²) in [4.78, 5) is 4.18. The van der Waals surface area contributed by atoms with Crippen molar-refractivity contribution in [3.8, 4) is 0 Å². The van der Waals surface area contributed by atoms with Gasteiger partial charge in [-0.15, -0.1) is 24.0 Å². The van der Waals surface area contributed by atoms with E-state index in [4.69, 9.17) is 4.74 Å². The van der Waals surface area contributed by atoms with Gasteiger partial charge in [0.15, 0.2) is 5.96 Å². The van der Waals surface area contributed by atoms with E-state index in [0.717, 1.165) is 12.5 Å². The molecule has 5 heteroatoms. The number of benzene rings is 1. The number of halogens is 1. The molecule has 0 aliphatic heterocycles. The van der Waals surface area contributed by atoms with E-state index >= 15 is 0 Å². The quantitative estimate of drug-likeness (QED) is 0.471. The Morgan fingerprint density at radius 1 is 1.26 bits per heavy atom. The second-order valence-electron chi connectivity index (χ2n) is 4.43. The van der Waals surface area contributed by atoms with Gasteiger partial charge in [-0.3, -0.25) is 4.99 Å². The van der Waals surface area contributed by atoms with E-state index in [2.05, 4.69) is 41.6 Å². The van der Waals surface area contributed by atoms with Crippen LogP contribution in [0.1, 0.15) is 25.0 Å². The Morgan fingerprint density at radius 3 is 2.42 bits per heavy atom. The standard InChI is InChI=1S/C14H23N3O.HI/c1-11(2)17-14(15-3)16-9-12-7-5-6-8-13(12)10-18-4;/h5-8,11H,9-10H2,1-4H3,(H2,15,16,17);1H. The maximum atomic E-state index is 5.19. The van der Waals surface area contributed by atoms with Crippen LogP contribution in [0.4, 0.5) is 0 Å². The van der Waals surface area contributed by atoms with Crippen LogP contribution in [0.2, 0.25) is 0 Å². The van der Waals surface area contributed by atoms with Crippen LogP contribution in [0.5, 0.6) is 0 Å². The minimum atomic E-state index is 0. The predicted octanol–water partition coefficient (Wildman–Crippen LogP) is 2.52. The van der Waals surface area contributed by atoms with Crippen LogP contribution in [0, 0.1) is 0 Å². The number of methoxy groups -OCH3 is 1. The van der Waals surface area contributed by atoms with Gasteiger partial charge in [-0.1, -0.05) is 24.3 Å². The number of nitrogens with zero attached hydrogens (tertiary/aromatic N) is 1. The zero-order valence-electron chi connectivity index (χ0n) is 12.1. The first kappa shape index (κ1) is 18.2. The van der Waals surface area contributed by atoms with Gasteiger partial charge in [-0.05, 0) is 25.0 Å². The van der Waals surface area contributed by atoms with Gasteiger partial charge in [0.25, 0.3) is 0 Å². The molecule has 0 radical (unpaired) electrons. The summed E-state index contributed by atoms with van der Waals surface area (Å²) in [6.45, 7) is 5.55. The van der Waals surface area contributed by atoms with Crippen LogP contribution >= 0.6 is 24.0 Å². The minimum Gasteiger partial charge on any atom is -0.380 e. The lowest BCUT2D eigenvalue weighted by Crippen LogP contribution is -2.40. The second-order valence-corrected chi connectivity index (χ2v) is 4.43. The summed E-state index contributed by atoms with van der Waals surface area (Å²) in [5, 5.41) is 6.56. The van der Waals surface area contributed by atoms with Gasteiger partial charge in [-0.25, -0.2) is 0 Å². The van der Waals surface area contributed by atoms with Gasteiger partial charge in [0.2, 0.25) is 0 Å². The fourth-order valence-corrected chi connectivity index (χ4v) is 1.67. The van der Waals surface area contributed by atoms with Crippen LogP contribution in [0.3, 0.4) is 0 Å². The summed E-state index contributed by atoms with van der Waals surface area (Å²) in [7, 11) is 3.49. The minimum absolute atomic E-state index is 0. The van der Waals surface area contributed by atoms with Crippen molar-refractivity contribution in [2.45, 2.75) is 33.0 Å². The molecule has 0 fully saturated rings. The molecule has 1 aromatic rings. The predicted molar refractivity (Wildman–Crippen MR) is 91.0 cm³/mol. The molecule has 0 heterocycles. The first-order valence-corrected chi connectivity index (χ1v) is 6.20. The monoisotopic (exact) mass is 377 g/mol. The van der Waals surface area contributed by atoms with Crippen LogP contribution < -0.4 is 10.6 Å². The van der Waals surface area contributed by atoms with Crippen molar-refractivity contribution in [3.63, 3.8) is 0 Å². The van der Waals surface area contributed by atoms with Crippen molar-refractivity contribution in [2.75, 3.05) is 14.2 Å². The van der Waals surface area contributed by atoms with E-state index < -0.39 is 0 Å². The molecule has 0 saturated heterocycles. The van der Waals surface area contributed by atoms with Crippen molar-refractivity contribution in [2.24, 2.45) is 4.99 Å². The zero-order valence-corrected chi connectivity index (χ0v) is 14.4. The maximum Gasteiger partial charge on any atom is 0.191 e. The van der Waals surface area contributed by atoms with E-state index in [9.17, 15) is 0 Å². The molecule has 0 aromatic heterocycles. The SMILES string of the molecule is CN=C(NCc1ccccc1COC)NC(C)C.I. The second kappa shape index (κ2) is 10.0. The summed E-state index contributed by atoms with van der Waals surface area (Å²) < 4.78 is 5.19. The molecular formula is C14H24IN3O. The fraction of sp³-hybridized carbons (Fsp3) is 0.500. The maximum absolute atomic E-state index is 5.19. The van der Waals surface area contributed by atoms with Crippen molar-refractivity contribution in [1.29, 1.82) is 0 Å². The smallest absolute Gasteiger partial charge is 0.191 e. The summed E-state index contributed by atoms with van der Waals surface area (Å²) >= 11 is 0. The number of guanidine groups is 1. The number of aliphatic imine (C=N–C) groups is 1. The highest BCUT2D eigenvalue weighted by molar-refractivity contribution is 14.0. The highest BCUT2D eigenvalue weighted by Gasteiger charge is 2.03. The molecule has 0 unspecified atom stereocenters. The average Bonchev–Trinajstić information content (AvgIpc) is 2.36. The van der Waals surface area contributed by atoms with Gasteiger partial charge >= 0.3 is 0 Å². The van der Waals surface area contributed by atoms with Gasteiger partial charge in [0.1, 0.15) is 0 Å². The first-order valence-electron chi connectivity index (χ1n) is 6.20. The molecule has 0 atom stereocenters. The molecule has 1 rings (SSSR count). The molecule has 19 heavy (non-hydrogen) atoms. The molecule has 4 nitrogen and oxygen atoms in total. The Balaban J connectivity index is 0.00000324. The van der Waals surface area contributed by atoms with E-state index in [1.807, 2.05) is 12.1 Å². The summed E-state index contributed by atoms with van der Waals surface area (Å²) in [6, 6.07) is 8.61. The Kier molecular flexibility index (Phi) is 9.59. The molecular weight excluding hydrogens is 353 g/mol. The molecule has 0 amide bonds. The van der Waals surface area contributed by atoms with Gasteiger partial charge in [-0.2, -0.15) is 0 Å². The number of hydrogen-bond donors (Lipinski definition) is 2. The largest absolute Gasteiger partial charge is 0.380 e. The Hall–Kier alpha value is -0.820. The molecule has 0 spiro atoms. The van der Waals surface area contributed by atoms with Gasteiger partial charge in [0, 0.05) is 26.7 Å². The molecule has 108 valence electrons. The molecule has 0 saturated carbocycles. The molecule has 0 aliphatic carbocycles. The third-order valence-corrected chi connectivity index (χ3v) is 2.51. The molecule has 0 aliphatic rings. The Labute approximate surface area is 133 Å². The van der Waals surface area contributed by atoms with E-state index in [1.54, 1.807) is 14.2 Å². The van der Waals surface area contributed by atoms with Crippen molar-refractivity contribution in [3.05, 3.63) is 35.4 Å². The highest BCUT2D eigenvalue weighted by atomic mass is 127. The number of nitrogens with one attached hydrogen (secondary N) is 2. The van der Waals surface area contributed by atoms with E-state index in [1.165, 1.54) is 11.1 Å². The number of rotatable bonds is 5. The van der Waals surface area contributed by atoms with E-state index in [-0.39, 0.29) is 24.0 Å².